The molecule has 1 aliphatic heterocycles. The van der Waals surface area contributed by atoms with Gasteiger partial charge < -0.3 is 15.2 Å². The van der Waals surface area contributed by atoms with Crippen LogP contribution in [0.5, 0.6) is 0 Å². The number of thioether (sulfide) groups is 1. The number of rotatable bonds is 5. The second-order valence-corrected chi connectivity index (χ2v) is 7.64. The van der Waals surface area contributed by atoms with Crippen LogP contribution in [0.15, 0.2) is 5.16 Å². The van der Waals surface area contributed by atoms with Gasteiger partial charge in [0, 0.05) is 17.2 Å². The average Bonchev–Trinajstić information content (AvgIpc) is 2.80. The number of anilines is 1. The number of nitrogen functional groups attached to an aromatic ring is 1. The van der Waals surface area contributed by atoms with E-state index >= 15 is 0 Å². The fourth-order valence-electron chi connectivity index (χ4n) is 2.48. The van der Waals surface area contributed by atoms with Gasteiger partial charge in [-0.3, -0.25) is 0 Å². The number of ether oxygens (including phenoxy) is 2. The molecule has 2 aromatic rings. The van der Waals surface area contributed by atoms with Crippen LogP contribution in [0.4, 0.5) is 5.82 Å². The summed E-state index contributed by atoms with van der Waals surface area (Å²) in [4.78, 5) is 11.2. The van der Waals surface area contributed by atoms with Gasteiger partial charge in [-0.25, -0.2) is 9.97 Å². The number of hydrogen-bond acceptors (Lipinski definition) is 7. The van der Waals surface area contributed by atoms with Gasteiger partial charge in [-0.15, -0.1) is 11.3 Å². The maximum Gasteiger partial charge on any atom is 0.190 e. The van der Waals surface area contributed by atoms with E-state index in [-0.39, 0.29) is 6.29 Å². The van der Waals surface area contributed by atoms with Gasteiger partial charge in [0.1, 0.15) is 10.6 Å². The van der Waals surface area contributed by atoms with Crippen LogP contribution in [-0.4, -0.2) is 35.2 Å². The predicted octanol–water partition coefficient (Wildman–Crippen LogP) is 3.53. The lowest BCUT2D eigenvalue weighted by atomic mass is 10.2. The lowest BCUT2D eigenvalue weighted by Gasteiger charge is -2.22. The Bertz CT molecular complexity index is 654. The number of nitrogens with two attached hydrogens (primary N) is 1. The van der Waals surface area contributed by atoms with Crippen LogP contribution in [0.25, 0.3) is 10.2 Å². The molecule has 0 bridgehead atoms. The zero-order chi connectivity index (χ0) is 15.5. The number of fused-ring (bicyclic) bond motifs is 1. The highest BCUT2D eigenvalue weighted by Gasteiger charge is 2.15. The fraction of sp³-hybridized carbons (Fsp3) is 0.600. The van der Waals surface area contributed by atoms with Crippen LogP contribution in [0.2, 0.25) is 0 Å². The number of nitrogens with zero attached hydrogens (tertiary/aromatic N) is 2. The van der Waals surface area contributed by atoms with E-state index in [4.69, 9.17) is 15.2 Å². The molecule has 0 radical (unpaired) electrons. The zero-order valence-corrected chi connectivity index (χ0v) is 14.6. The quantitative estimate of drug-likeness (QED) is 0.510. The van der Waals surface area contributed by atoms with Crippen molar-refractivity contribution in [1.82, 2.24) is 9.97 Å². The number of aromatic nitrogens is 2. The standard InChI is InChI=1S/C15H21N3O2S2/c1-9-10(2)22-14-12(9)13(16)17-15(18-14)21-8-7-20-11-5-3-4-6-19-11/h11H,3-8H2,1-2H3,(H2,16,17,18)/t11-/m0/s1. The fourth-order valence-corrected chi connectivity index (χ4v) is 4.26. The molecule has 3 heterocycles. The largest absolute Gasteiger partial charge is 0.383 e. The van der Waals surface area contributed by atoms with Crippen molar-refractivity contribution in [2.75, 3.05) is 24.7 Å². The smallest absolute Gasteiger partial charge is 0.190 e. The van der Waals surface area contributed by atoms with Crippen molar-refractivity contribution in [2.45, 2.75) is 44.6 Å². The number of aryl methyl sites for hydroxylation is 2. The van der Waals surface area contributed by atoms with E-state index in [1.54, 1.807) is 23.1 Å². The molecule has 1 aliphatic rings. The van der Waals surface area contributed by atoms with Gasteiger partial charge in [-0.1, -0.05) is 11.8 Å². The third kappa shape index (κ3) is 3.53. The number of thiophene rings is 1. The second-order valence-electron chi connectivity index (χ2n) is 5.37. The molecule has 0 aromatic carbocycles. The maximum absolute atomic E-state index is 6.08. The molecule has 1 fully saturated rings. The molecule has 7 heteroatoms. The van der Waals surface area contributed by atoms with Crippen molar-refractivity contribution >= 4 is 39.1 Å². The summed E-state index contributed by atoms with van der Waals surface area (Å²) in [6, 6.07) is 0. The molecule has 22 heavy (non-hydrogen) atoms. The monoisotopic (exact) mass is 339 g/mol. The SMILES string of the molecule is Cc1sc2nc(SCCO[C@H]3CCCCO3)nc(N)c2c1C. The topological polar surface area (TPSA) is 70.3 Å². The van der Waals surface area contributed by atoms with Crippen LogP contribution >= 0.6 is 23.1 Å². The first-order valence-corrected chi connectivity index (χ1v) is 9.34. The lowest BCUT2D eigenvalue weighted by Crippen LogP contribution is -2.23. The van der Waals surface area contributed by atoms with E-state index in [9.17, 15) is 0 Å². The van der Waals surface area contributed by atoms with Gasteiger partial charge in [-0.05, 0) is 38.7 Å². The Morgan fingerprint density at radius 3 is 3.00 bits per heavy atom. The Hall–Kier alpha value is -0.890. The van der Waals surface area contributed by atoms with Crippen molar-refractivity contribution in [3.63, 3.8) is 0 Å². The highest BCUT2D eigenvalue weighted by atomic mass is 32.2. The molecule has 0 amide bonds. The van der Waals surface area contributed by atoms with Gasteiger partial charge >= 0.3 is 0 Å². The first-order chi connectivity index (χ1) is 10.6. The van der Waals surface area contributed by atoms with Gasteiger partial charge in [0.15, 0.2) is 11.4 Å². The molecule has 1 atom stereocenters. The maximum atomic E-state index is 6.08. The Morgan fingerprint density at radius 2 is 2.23 bits per heavy atom. The third-order valence-electron chi connectivity index (χ3n) is 3.79. The minimum absolute atomic E-state index is 0.0367. The van der Waals surface area contributed by atoms with Crippen molar-refractivity contribution in [1.29, 1.82) is 0 Å². The molecule has 2 N–H and O–H groups in total. The van der Waals surface area contributed by atoms with E-state index in [2.05, 4.69) is 23.8 Å². The van der Waals surface area contributed by atoms with E-state index in [0.717, 1.165) is 40.6 Å². The highest BCUT2D eigenvalue weighted by molar-refractivity contribution is 7.99. The molecule has 5 nitrogen and oxygen atoms in total. The Labute approximate surface area is 138 Å². The molecule has 1 saturated heterocycles. The first kappa shape index (κ1) is 16.0. The summed E-state index contributed by atoms with van der Waals surface area (Å²) in [6.07, 6.45) is 3.28. The molecule has 120 valence electrons. The summed E-state index contributed by atoms with van der Waals surface area (Å²) in [5.41, 5.74) is 7.27. The van der Waals surface area contributed by atoms with Gasteiger partial charge in [-0.2, -0.15) is 0 Å². The van der Waals surface area contributed by atoms with Crippen molar-refractivity contribution in [2.24, 2.45) is 0 Å². The first-order valence-electron chi connectivity index (χ1n) is 7.54. The van der Waals surface area contributed by atoms with Crippen LogP contribution < -0.4 is 5.73 Å². The van der Waals surface area contributed by atoms with Crippen molar-refractivity contribution < 1.29 is 9.47 Å². The van der Waals surface area contributed by atoms with Gasteiger partial charge in [0.05, 0.1) is 12.0 Å². The summed E-state index contributed by atoms with van der Waals surface area (Å²) < 4.78 is 11.3. The molecule has 2 aromatic heterocycles. The summed E-state index contributed by atoms with van der Waals surface area (Å²) in [7, 11) is 0. The normalized spacial score (nSPS) is 18.9. The van der Waals surface area contributed by atoms with Gasteiger partial charge in [0.25, 0.3) is 0 Å². The molecule has 3 rings (SSSR count). The summed E-state index contributed by atoms with van der Waals surface area (Å²) in [5.74, 6) is 1.37. The Balaban J connectivity index is 1.57. The Kier molecular flexibility index (Phi) is 5.18. The van der Waals surface area contributed by atoms with Crippen molar-refractivity contribution in [3.8, 4) is 0 Å². The van der Waals surface area contributed by atoms with Crippen LogP contribution in [-0.2, 0) is 9.47 Å². The minimum Gasteiger partial charge on any atom is -0.383 e. The lowest BCUT2D eigenvalue weighted by molar-refractivity contribution is -0.158. The molecule has 0 saturated carbocycles. The molecular weight excluding hydrogens is 318 g/mol. The van der Waals surface area contributed by atoms with Crippen LogP contribution in [0.3, 0.4) is 0 Å². The number of hydrogen-bond donors (Lipinski definition) is 1. The predicted molar refractivity (Wildman–Crippen MR) is 91.6 cm³/mol. The van der Waals surface area contributed by atoms with E-state index in [1.807, 2.05) is 0 Å². The molecule has 0 spiro atoms. The minimum atomic E-state index is -0.0367. The molecular formula is C15H21N3O2S2. The van der Waals surface area contributed by atoms with Crippen LogP contribution in [0, 0.1) is 13.8 Å². The van der Waals surface area contributed by atoms with E-state index < -0.39 is 0 Å². The van der Waals surface area contributed by atoms with Crippen LogP contribution in [0.1, 0.15) is 29.7 Å². The molecule has 0 aliphatic carbocycles. The van der Waals surface area contributed by atoms with Gasteiger partial charge in [0.2, 0.25) is 0 Å². The zero-order valence-electron chi connectivity index (χ0n) is 12.9. The summed E-state index contributed by atoms with van der Waals surface area (Å²) in [6.45, 7) is 5.61. The average molecular weight is 339 g/mol. The summed E-state index contributed by atoms with van der Waals surface area (Å²) >= 11 is 3.25. The third-order valence-corrected chi connectivity index (χ3v) is 5.70. The van der Waals surface area contributed by atoms with E-state index in [1.165, 1.54) is 16.9 Å². The second kappa shape index (κ2) is 7.12. The van der Waals surface area contributed by atoms with Crippen molar-refractivity contribution in [3.05, 3.63) is 10.4 Å². The van der Waals surface area contributed by atoms with E-state index in [0.29, 0.717) is 12.4 Å². The Morgan fingerprint density at radius 1 is 1.36 bits per heavy atom. The molecule has 0 unspecified atom stereocenters. The highest BCUT2D eigenvalue weighted by Crippen LogP contribution is 2.33. The summed E-state index contributed by atoms with van der Waals surface area (Å²) in [5, 5.41) is 1.72.